The number of aldehydes is 1. The molecule has 16 heavy (non-hydrogen) atoms. The van der Waals surface area contributed by atoms with Gasteiger partial charge in [0.15, 0.2) is 6.29 Å². The van der Waals surface area contributed by atoms with Crippen molar-refractivity contribution in [1.82, 2.24) is 14.8 Å². The summed E-state index contributed by atoms with van der Waals surface area (Å²) in [5.41, 5.74) is 6.41. The first kappa shape index (κ1) is 10.0. The fraction of sp³-hybridized carbons (Fsp3) is 0. The van der Waals surface area contributed by atoms with Gasteiger partial charge in [0.25, 0.3) is 5.91 Å². The standard InChI is InChI=1S/C10H8N4O2/c11-10(16)7-3-13-14(5-7)9-2-1-8(6-15)12-4-9/h1-6H,(H2,11,16). The van der Waals surface area contributed by atoms with Gasteiger partial charge in [0, 0.05) is 6.20 Å². The first-order chi connectivity index (χ1) is 7.70. The molecule has 6 nitrogen and oxygen atoms in total. The van der Waals surface area contributed by atoms with Crippen molar-refractivity contribution in [2.24, 2.45) is 5.73 Å². The lowest BCUT2D eigenvalue weighted by Crippen LogP contribution is -2.09. The molecule has 0 aliphatic heterocycles. The van der Waals surface area contributed by atoms with E-state index in [0.717, 1.165) is 0 Å². The molecule has 2 rings (SSSR count). The van der Waals surface area contributed by atoms with Crippen molar-refractivity contribution in [1.29, 1.82) is 0 Å². The van der Waals surface area contributed by atoms with Crippen LogP contribution in [-0.4, -0.2) is 27.0 Å². The number of primary amides is 1. The average molecular weight is 216 g/mol. The van der Waals surface area contributed by atoms with Crippen molar-refractivity contribution in [2.45, 2.75) is 0 Å². The fourth-order valence-corrected chi connectivity index (χ4v) is 1.19. The van der Waals surface area contributed by atoms with E-state index in [2.05, 4.69) is 10.1 Å². The molecule has 0 aliphatic carbocycles. The first-order valence-corrected chi connectivity index (χ1v) is 4.47. The number of carbonyl (C=O) groups is 2. The molecule has 80 valence electrons. The number of aromatic nitrogens is 3. The van der Waals surface area contributed by atoms with Crippen molar-refractivity contribution >= 4 is 12.2 Å². The van der Waals surface area contributed by atoms with Gasteiger partial charge in [-0.05, 0) is 12.1 Å². The van der Waals surface area contributed by atoms with Crippen LogP contribution in [0.1, 0.15) is 20.8 Å². The molecule has 0 spiro atoms. The van der Waals surface area contributed by atoms with Gasteiger partial charge >= 0.3 is 0 Å². The van der Waals surface area contributed by atoms with Crippen molar-refractivity contribution in [3.63, 3.8) is 0 Å². The zero-order valence-corrected chi connectivity index (χ0v) is 8.20. The second kappa shape index (κ2) is 3.93. The third kappa shape index (κ3) is 1.81. The highest BCUT2D eigenvalue weighted by Crippen LogP contribution is 2.06. The number of hydrogen-bond acceptors (Lipinski definition) is 4. The van der Waals surface area contributed by atoms with Crippen LogP contribution in [0.2, 0.25) is 0 Å². The quantitative estimate of drug-likeness (QED) is 0.741. The fourth-order valence-electron chi connectivity index (χ4n) is 1.19. The third-order valence-electron chi connectivity index (χ3n) is 2.02. The lowest BCUT2D eigenvalue weighted by Gasteiger charge is -1.99. The van der Waals surface area contributed by atoms with E-state index < -0.39 is 5.91 Å². The number of amides is 1. The van der Waals surface area contributed by atoms with Gasteiger partial charge in [0.05, 0.1) is 23.6 Å². The zero-order chi connectivity index (χ0) is 11.5. The summed E-state index contributed by atoms with van der Waals surface area (Å²) in [5.74, 6) is -0.538. The van der Waals surface area contributed by atoms with Crippen LogP contribution in [0.15, 0.2) is 30.7 Å². The van der Waals surface area contributed by atoms with Gasteiger partial charge in [0.1, 0.15) is 5.69 Å². The maximum absolute atomic E-state index is 10.9. The Hall–Kier alpha value is -2.50. The number of carbonyl (C=O) groups excluding carboxylic acids is 2. The van der Waals surface area contributed by atoms with Crippen molar-refractivity contribution < 1.29 is 9.59 Å². The normalized spacial score (nSPS) is 10.0. The molecule has 0 aliphatic rings. The van der Waals surface area contributed by atoms with Crippen LogP contribution in [0, 0.1) is 0 Å². The molecular formula is C10H8N4O2. The van der Waals surface area contributed by atoms with Crippen LogP contribution in [0.5, 0.6) is 0 Å². The first-order valence-electron chi connectivity index (χ1n) is 4.47. The zero-order valence-electron chi connectivity index (χ0n) is 8.20. The molecule has 2 aromatic heterocycles. The summed E-state index contributed by atoms with van der Waals surface area (Å²) >= 11 is 0. The lowest BCUT2D eigenvalue weighted by atomic mass is 10.3. The monoisotopic (exact) mass is 216 g/mol. The van der Waals surface area contributed by atoms with Crippen molar-refractivity contribution in [3.8, 4) is 5.69 Å². The molecule has 0 saturated heterocycles. The summed E-state index contributed by atoms with van der Waals surface area (Å²) in [4.78, 5) is 25.1. The van der Waals surface area contributed by atoms with Crippen LogP contribution in [0.3, 0.4) is 0 Å². The van der Waals surface area contributed by atoms with Crippen LogP contribution < -0.4 is 5.73 Å². The van der Waals surface area contributed by atoms with Crippen LogP contribution in [0.4, 0.5) is 0 Å². The second-order valence-corrected chi connectivity index (χ2v) is 3.10. The van der Waals surface area contributed by atoms with Crippen molar-refractivity contribution in [2.75, 3.05) is 0 Å². The van der Waals surface area contributed by atoms with Gasteiger partial charge in [-0.15, -0.1) is 0 Å². The Bertz CT molecular complexity index is 530. The summed E-state index contributed by atoms with van der Waals surface area (Å²) in [5, 5.41) is 3.95. The maximum atomic E-state index is 10.9. The molecule has 0 radical (unpaired) electrons. The molecule has 0 fully saturated rings. The maximum Gasteiger partial charge on any atom is 0.251 e. The smallest absolute Gasteiger partial charge is 0.251 e. The topological polar surface area (TPSA) is 90.9 Å². The molecule has 2 aromatic rings. The minimum atomic E-state index is -0.538. The molecule has 6 heteroatoms. The van der Waals surface area contributed by atoms with E-state index in [4.69, 9.17) is 5.73 Å². The van der Waals surface area contributed by atoms with E-state index in [1.165, 1.54) is 23.3 Å². The predicted octanol–water partition coefficient (Wildman–Crippen LogP) is 0.179. The van der Waals surface area contributed by atoms with E-state index in [-0.39, 0.29) is 0 Å². The van der Waals surface area contributed by atoms with Gasteiger partial charge in [-0.25, -0.2) is 4.68 Å². The summed E-state index contributed by atoms with van der Waals surface area (Å²) in [6, 6.07) is 3.24. The van der Waals surface area contributed by atoms with Crippen LogP contribution in [0.25, 0.3) is 5.69 Å². The Kier molecular flexibility index (Phi) is 2.47. The summed E-state index contributed by atoms with van der Waals surface area (Å²) in [7, 11) is 0. The highest BCUT2D eigenvalue weighted by atomic mass is 16.1. The molecule has 0 saturated carbocycles. The molecule has 2 heterocycles. The van der Waals surface area contributed by atoms with Gasteiger partial charge in [-0.1, -0.05) is 0 Å². The average Bonchev–Trinajstić information content (AvgIpc) is 2.78. The van der Waals surface area contributed by atoms with E-state index >= 15 is 0 Å². The third-order valence-corrected chi connectivity index (χ3v) is 2.02. The van der Waals surface area contributed by atoms with E-state index in [1.54, 1.807) is 12.1 Å². The van der Waals surface area contributed by atoms with E-state index in [0.29, 0.717) is 23.2 Å². The van der Waals surface area contributed by atoms with E-state index in [1.807, 2.05) is 0 Å². The Morgan fingerprint density at radius 1 is 1.38 bits per heavy atom. The predicted molar refractivity (Wildman–Crippen MR) is 55.3 cm³/mol. The Morgan fingerprint density at radius 3 is 2.69 bits per heavy atom. The van der Waals surface area contributed by atoms with Gasteiger partial charge < -0.3 is 5.73 Å². The van der Waals surface area contributed by atoms with E-state index in [9.17, 15) is 9.59 Å². The molecule has 0 unspecified atom stereocenters. The summed E-state index contributed by atoms with van der Waals surface area (Å²) in [6.07, 6.45) is 5.01. The lowest BCUT2D eigenvalue weighted by molar-refractivity contribution is 0.1000. The number of nitrogens with two attached hydrogens (primary N) is 1. The number of pyridine rings is 1. The van der Waals surface area contributed by atoms with Gasteiger partial charge in [0.2, 0.25) is 0 Å². The summed E-state index contributed by atoms with van der Waals surface area (Å²) < 4.78 is 1.46. The molecular weight excluding hydrogens is 208 g/mol. The SMILES string of the molecule is NC(=O)c1cnn(-c2ccc(C=O)nc2)c1. The van der Waals surface area contributed by atoms with Crippen LogP contribution in [-0.2, 0) is 0 Å². The Morgan fingerprint density at radius 2 is 2.19 bits per heavy atom. The number of rotatable bonds is 3. The second-order valence-electron chi connectivity index (χ2n) is 3.10. The molecule has 2 N–H and O–H groups in total. The highest BCUT2D eigenvalue weighted by molar-refractivity contribution is 5.92. The molecule has 0 atom stereocenters. The summed E-state index contributed by atoms with van der Waals surface area (Å²) in [6.45, 7) is 0. The Balaban J connectivity index is 2.35. The van der Waals surface area contributed by atoms with Gasteiger partial charge in [-0.3, -0.25) is 14.6 Å². The Labute approximate surface area is 90.7 Å². The minimum absolute atomic E-state index is 0.319. The van der Waals surface area contributed by atoms with Crippen molar-refractivity contribution in [3.05, 3.63) is 42.0 Å². The molecule has 0 aromatic carbocycles. The largest absolute Gasteiger partial charge is 0.366 e. The minimum Gasteiger partial charge on any atom is -0.366 e. The number of nitrogens with zero attached hydrogens (tertiary/aromatic N) is 3. The van der Waals surface area contributed by atoms with Crippen LogP contribution >= 0.6 is 0 Å². The highest BCUT2D eigenvalue weighted by Gasteiger charge is 2.05. The molecule has 0 bridgehead atoms. The number of hydrogen-bond donors (Lipinski definition) is 1. The van der Waals surface area contributed by atoms with Gasteiger partial charge in [-0.2, -0.15) is 5.10 Å². The molecule has 1 amide bonds.